The standard InChI is InChI=1S/C12H11N5S/c13-12(18)17-16-8-9-3-1-4-10(7-9)11-14-5-2-6-15-11/h1-8H,(H3,13,17,18). The lowest BCUT2D eigenvalue weighted by Gasteiger charge is -2.00. The predicted molar refractivity (Wildman–Crippen MR) is 75.0 cm³/mol. The molecule has 0 spiro atoms. The van der Waals surface area contributed by atoms with E-state index >= 15 is 0 Å². The van der Waals surface area contributed by atoms with Gasteiger partial charge in [0.2, 0.25) is 0 Å². The SMILES string of the molecule is NC(=S)NN=Cc1cccc(-c2ncccn2)c1. The largest absolute Gasteiger partial charge is 0.375 e. The predicted octanol–water partition coefficient (Wildman–Crippen LogP) is 1.31. The van der Waals surface area contributed by atoms with Crippen LogP contribution in [0.4, 0.5) is 0 Å². The molecule has 90 valence electrons. The highest BCUT2D eigenvalue weighted by atomic mass is 32.1. The average Bonchev–Trinajstić information content (AvgIpc) is 2.40. The molecule has 0 fully saturated rings. The maximum Gasteiger partial charge on any atom is 0.184 e. The van der Waals surface area contributed by atoms with Gasteiger partial charge in [0.05, 0.1) is 6.21 Å². The van der Waals surface area contributed by atoms with Crippen molar-refractivity contribution in [2.45, 2.75) is 0 Å². The van der Waals surface area contributed by atoms with Crippen LogP contribution < -0.4 is 11.2 Å². The van der Waals surface area contributed by atoms with Crippen molar-refractivity contribution in [3.05, 3.63) is 48.3 Å². The second kappa shape index (κ2) is 5.83. The van der Waals surface area contributed by atoms with Gasteiger partial charge in [-0.05, 0) is 29.9 Å². The van der Waals surface area contributed by atoms with Crippen molar-refractivity contribution in [2.24, 2.45) is 10.8 Å². The highest BCUT2D eigenvalue weighted by Crippen LogP contribution is 2.14. The minimum Gasteiger partial charge on any atom is -0.375 e. The molecule has 0 saturated carbocycles. The fraction of sp³-hybridized carbons (Fsp3) is 0. The van der Waals surface area contributed by atoms with E-state index in [0.717, 1.165) is 11.1 Å². The maximum atomic E-state index is 5.26. The zero-order valence-corrected chi connectivity index (χ0v) is 10.3. The van der Waals surface area contributed by atoms with Crippen LogP contribution in [-0.2, 0) is 0 Å². The Morgan fingerprint density at radius 1 is 1.28 bits per heavy atom. The van der Waals surface area contributed by atoms with Gasteiger partial charge in [-0.1, -0.05) is 18.2 Å². The molecule has 2 rings (SSSR count). The molecule has 0 radical (unpaired) electrons. The third-order valence-electron chi connectivity index (χ3n) is 2.10. The minimum absolute atomic E-state index is 0.133. The summed E-state index contributed by atoms with van der Waals surface area (Å²) in [7, 11) is 0. The van der Waals surface area contributed by atoms with Gasteiger partial charge in [-0.2, -0.15) is 5.10 Å². The first-order valence-corrected chi connectivity index (χ1v) is 5.62. The van der Waals surface area contributed by atoms with Crippen molar-refractivity contribution in [1.82, 2.24) is 15.4 Å². The first kappa shape index (κ1) is 12.1. The molecule has 0 unspecified atom stereocenters. The molecular weight excluding hydrogens is 246 g/mol. The lowest BCUT2D eigenvalue weighted by atomic mass is 10.1. The van der Waals surface area contributed by atoms with E-state index in [1.165, 1.54) is 0 Å². The summed E-state index contributed by atoms with van der Waals surface area (Å²) in [5.74, 6) is 0.676. The number of thiocarbonyl (C=S) groups is 1. The summed E-state index contributed by atoms with van der Waals surface area (Å²) in [5.41, 5.74) is 9.60. The average molecular weight is 257 g/mol. The van der Waals surface area contributed by atoms with Gasteiger partial charge in [-0.15, -0.1) is 0 Å². The van der Waals surface area contributed by atoms with Crippen LogP contribution in [-0.4, -0.2) is 21.3 Å². The molecule has 0 saturated heterocycles. The van der Waals surface area contributed by atoms with Crippen LogP contribution in [0.3, 0.4) is 0 Å². The molecule has 6 heteroatoms. The fourth-order valence-corrected chi connectivity index (χ4v) is 1.43. The number of rotatable bonds is 3. The lowest BCUT2D eigenvalue weighted by molar-refractivity contribution is 1.04. The third-order valence-corrected chi connectivity index (χ3v) is 2.19. The van der Waals surface area contributed by atoms with Crippen molar-refractivity contribution in [3.8, 4) is 11.4 Å². The zero-order chi connectivity index (χ0) is 12.8. The Morgan fingerprint density at radius 3 is 2.78 bits per heavy atom. The van der Waals surface area contributed by atoms with E-state index in [1.807, 2.05) is 24.3 Å². The number of hydrogen-bond acceptors (Lipinski definition) is 4. The van der Waals surface area contributed by atoms with E-state index in [4.69, 9.17) is 5.73 Å². The van der Waals surface area contributed by atoms with Crippen molar-refractivity contribution in [1.29, 1.82) is 0 Å². The van der Waals surface area contributed by atoms with E-state index < -0.39 is 0 Å². The van der Waals surface area contributed by atoms with Gasteiger partial charge in [0.1, 0.15) is 0 Å². The van der Waals surface area contributed by atoms with E-state index in [2.05, 4.69) is 32.7 Å². The fourth-order valence-electron chi connectivity index (χ4n) is 1.38. The number of nitrogens with two attached hydrogens (primary N) is 1. The Balaban J connectivity index is 2.20. The van der Waals surface area contributed by atoms with Gasteiger partial charge >= 0.3 is 0 Å². The highest BCUT2D eigenvalue weighted by molar-refractivity contribution is 7.80. The molecule has 0 aliphatic carbocycles. The molecule has 0 amide bonds. The van der Waals surface area contributed by atoms with Gasteiger partial charge < -0.3 is 5.73 Å². The van der Waals surface area contributed by atoms with Crippen LogP contribution in [0, 0.1) is 0 Å². The second-order valence-electron chi connectivity index (χ2n) is 3.43. The summed E-state index contributed by atoms with van der Waals surface area (Å²) >= 11 is 4.65. The van der Waals surface area contributed by atoms with Crippen LogP contribution in [0.5, 0.6) is 0 Å². The van der Waals surface area contributed by atoms with E-state index in [9.17, 15) is 0 Å². The van der Waals surface area contributed by atoms with Gasteiger partial charge in [-0.3, -0.25) is 5.43 Å². The Hall–Kier alpha value is -2.34. The molecule has 0 aliphatic heterocycles. The molecule has 5 nitrogen and oxygen atoms in total. The number of benzene rings is 1. The Morgan fingerprint density at radius 2 is 2.06 bits per heavy atom. The Kier molecular flexibility index (Phi) is 3.93. The molecular formula is C12H11N5S. The van der Waals surface area contributed by atoms with Crippen molar-refractivity contribution in [2.75, 3.05) is 0 Å². The quantitative estimate of drug-likeness (QED) is 0.492. The number of hydrogen-bond donors (Lipinski definition) is 2. The second-order valence-corrected chi connectivity index (χ2v) is 3.87. The monoisotopic (exact) mass is 257 g/mol. The number of nitrogens with one attached hydrogen (secondary N) is 1. The Labute approximate surface area is 110 Å². The lowest BCUT2D eigenvalue weighted by Crippen LogP contribution is -2.23. The number of nitrogens with zero attached hydrogens (tertiary/aromatic N) is 3. The van der Waals surface area contributed by atoms with Crippen molar-refractivity contribution < 1.29 is 0 Å². The molecule has 18 heavy (non-hydrogen) atoms. The van der Waals surface area contributed by atoms with Crippen LogP contribution in [0.1, 0.15) is 5.56 Å². The van der Waals surface area contributed by atoms with Gasteiger partial charge in [0, 0.05) is 18.0 Å². The van der Waals surface area contributed by atoms with E-state index in [-0.39, 0.29) is 5.11 Å². The smallest absolute Gasteiger partial charge is 0.184 e. The summed E-state index contributed by atoms with van der Waals surface area (Å²) in [6.45, 7) is 0. The summed E-state index contributed by atoms with van der Waals surface area (Å²) in [6, 6.07) is 9.47. The zero-order valence-electron chi connectivity index (χ0n) is 9.45. The van der Waals surface area contributed by atoms with Crippen LogP contribution in [0.2, 0.25) is 0 Å². The van der Waals surface area contributed by atoms with Gasteiger partial charge in [0.15, 0.2) is 10.9 Å². The molecule has 1 aromatic heterocycles. The van der Waals surface area contributed by atoms with Gasteiger partial charge in [-0.25, -0.2) is 9.97 Å². The Bertz CT molecular complexity index is 568. The number of aromatic nitrogens is 2. The maximum absolute atomic E-state index is 5.26. The molecule has 0 bridgehead atoms. The van der Waals surface area contributed by atoms with E-state index in [0.29, 0.717) is 5.82 Å². The molecule has 0 aliphatic rings. The first-order valence-electron chi connectivity index (χ1n) is 5.21. The first-order chi connectivity index (χ1) is 8.75. The topological polar surface area (TPSA) is 76.2 Å². The molecule has 1 aromatic carbocycles. The number of hydrazone groups is 1. The molecule has 3 N–H and O–H groups in total. The van der Waals surface area contributed by atoms with Crippen LogP contribution in [0.25, 0.3) is 11.4 Å². The molecule has 1 heterocycles. The van der Waals surface area contributed by atoms with Crippen molar-refractivity contribution >= 4 is 23.5 Å². The summed E-state index contributed by atoms with van der Waals surface area (Å²) in [6.07, 6.45) is 5.04. The van der Waals surface area contributed by atoms with Crippen molar-refractivity contribution in [3.63, 3.8) is 0 Å². The third kappa shape index (κ3) is 3.33. The summed E-state index contributed by atoms with van der Waals surface area (Å²) < 4.78 is 0. The summed E-state index contributed by atoms with van der Waals surface area (Å²) in [5, 5.41) is 4.03. The van der Waals surface area contributed by atoms with Crippen LogP contribution in [0.15, 0.2) is 47.8 Å². The normalized spacial score (nSPS) is 10.4. The van der Waals surface area contributed by atoms with Crippen LogP contribution >= 0.6 is 12.2 Å². The molecule has 2 aromatic rings. The van der Waals surface area contributed by atoms with Gasteiger partial charge in [0.25, 0.3) is 0 Å². The van der Waals surface area contributed by atoms with E-state index in [1.54, 1.807) is 24.7 Å². The molecule has 0 atom stereocenters. The highest BCUT2D eigenvalue weighted by Gasteiger charge is 1.99. The summed E-state index contributed by atoms with van der Waals surface area (Å²) in [4.78, 5) is 8.37. The minimum atomic E-state index is 0.133.